The van der Waals surface area contributed by atoms with E-state index in [-0.39, 0.29) is 18.2 Å². The topological polar surface area (TPSA) is 64.6 Å². The third kappa shape index (κ3) is 4.42. The molecule has 172 valence electrons. The fourth-order valence-corrected chi connectivity index (χ4v) is 4.75. The van der Waals surface area contributed by atoms with Gasteiger partial charge >= 0.3 is 5.97 Å². The molecule has 0 bridgehead atoms. The summed E-state index contributed by atoms with van der Waals surface area (Å²) in [4.78, 5) is 25.9. The number of nitrogens with one attached hydrogen (secondary N) is 1. The van der Waals surface area contributed by atoms with Crippen LogP contribution in [-0.2, 0) is 20.9 Å². The Hall–Kier alpha value is -3.41. The summed E-state index contributed by atoms with van der Waals surface area (Å²) in [6, 6.07) is 9.97. The van der Waals surface area contributed by atoms with Gasteiger partial charge in [0.15, 0.2) is 5.78 Å². The molecule has 0 fully saturated rings. The average Bonchev–Trinajstić information content (AvgIpc) is 2.78. The number of hydrogen-bond donors (Lipinski definition) is 1. The number of methoxy groups -OCH3 is 1. The van der Waals surface area contributed by atoms with E-state index in [2.05, 4.69) is 11.4 Å². The molecule has 1 atom stereocenters. The lowest BCUT2D eigenvalue weighted by Crippen LogP contribution is -2.34. The van der Waals surface area contributed by atoms with Crippen LogP contribution in [0.25, 0.3) is 0 Å². The Morgan fingerprint density at radius 3 is 2.52 bits per heavy atom. The number of carbonyl (C=O) groups excluding carboxylic acids is 2. The number of halogens is 1. The minimum absolute atomic E-state index is 0.0618. The van der Waals surface area contributed by atoms with E-state index in [4.69, 9.17) is 9.47 Å². The molecule has 0 radical (unpaired) electrons. The Kier molecular flexibility index (Phi) is 6.36. The van der Waals surface area contributed by atoms with Crippen LogP contribution >= 0.6 is 0 Å². The summed E-state index contributed by atoms with van der Waals surface area (Å²) in [5.74, 6) is -0.628. The summed E-state index contributed by atoms with van der Waals surface area (Å²) in [7, 11) is 1.36. The number of dihydropyridines is 1. The molecule has 0 aromatic heterocycles. The van der Waals surface area contributed by atoms with Crippen molar-refractivity contribution in [3.05, 3.63) is 87.0 Å². The number of allylic oxidation sites excluding steroid dienone is 3. The van der Waals surface area contributed by atoms with E-state index in [1.165, 1.54) is 19.2 Å². The fourth-order valence-electron chi connectivity index (χ4n) is 4.75. The van der Waals surface area contributed by atoms with Crippen molar-refractivity contribution in [1.29, 1.82) is 0 Å². The number of carbonyl (C=O) groups is 2. The van der Waals surface area contributed by atoms with Crippen LogP contribution in [0.15, 0.2) is 58.9 Å². The molecule has 1 heterocycles. The van der Waals surface area contributed by atoms with Gasteiger partial charge in [0.25, 0.3) is 0 Å². The van der Waals surface area contributed by atoms with E-state index < -0.39 is 11.9 Å². The molecule has 0 unspecified atom stereocenters. The molecule has 0 amide bonds. The summed E-state index contributed by atoms with van der Waals surface area (Å²) in [5.41, 5.74) is 6.58. The van der Waals surface area contributed by atoms with E-state index >= 15 is 0 Å². The zero-order valence-electron chi connectivity index (χ0n) is 19.4. The number of Topliss-reactive ketones (excluding diaryl/α,β-unsaturated/α-hetero) is 1. The van der Waals surface area contributed by atoms with Crippen molar-refractivity contribution < 1.29 is 23.5 Å². The summed E-state index contributed by atoms with van der Waals surface area (Å²) in [6.07, 6.45) is 2.03. The van der Waals surface area contributed by atoms with Crippen LogP contribution in [0.2, 0.25) is 0 Å². The van der Waals surface area contributed by atoms with Gasteiger partial charge in [-0.25, -0.2) is 9.18 Å². The summed E-state index contributed by atoms with van der Waals surface area (Å²) in [6.45, 7) is 6.13. The third-order valence-corrected chi connectivity index (χ3v) is 6.42. The fraction of sp³-hybridized carbons (Fsp3) is 0.333. The van der Waals surface area contributed by atoms with Gasteiger partial charge in [-0.3, -0.25) is 4.79 Å². The van der Waals surface area contributed by atoms with Crippen LogP contribution in [0.1, 0.15) is 54.4 Å². The van der Waals surface area contributed by atoms with E-state index in [0.717, 1.165) is 40.8 Å². The van der Waals surface area contributed by atoms with E-state index in [1.807, 2.05) is 26.8 Å². The minimum atomic E-state index is -0.494. The van der Waals surface area contributed by atoms with Gasteiger partial charge in [0.1, 0.15) is 18.2 Å². The van der Waals surface area contributed by atoms with Crippen molar-refractivity contribution in [2.75, 3.05) is 7.11 Å². The number of ether oxygens (including phenoxy) is 2. The SMILES string of the molecule is COC(=O)C1=C(C)NC2=C(C(=O)CCC2)[C@H]1c1cc(COc2ccc(F)cc2)c(C)cc1C. The number of rotatable bonds is 5. The Morgan fingerprint density at radius 1 is 1.09 bits per heavy atom. The lowest BCUT2D eigenvalue weighted by atomic mass is 9.73. The van der Waals surface area contributed by atoms with Crippen LogP contribution in [-0.4, -0.2) is 18.9 Å². The van der Waals surface area contributed by atoms with Gasteiger partial charge in [-0.15, -0.1) is 0 Å². The number of aryl methyl sites for hydroxylation is 2. The lowest BCUT2D eigenvalue weighted by Gasteiger charge is -2.35. The van der Waals surface area contributed by atoms with Crippen LogP contribution in [0.4, 0.5) is 4.39 Å². The van der Waals surface area contributed by atoms with E-state index in [1.54, 1.807) is 12.1 Å². The normalized spacial score (nSPS) is 18.1. The molecule has 1 aliphatic heterocycles. The van der Waals surface area contributed by atoms with E-state index in [0.29, 0.717) is 29.0 Å². The predicted octanol–water partition coefficient (Wildman–Crippen LogP) is 5.16. The zero-order chi connectivity index (χ0) is 23.7. The monoisotopic (exact) mass is 449 g/mol. The molecule has 1 N–H and O–H groups in total. The largest absolute Gasteiger partial charge is 0.489 e. The van der Waals surface area contributed by atoms with Crippen LogP contribution in [0.5, 0.6) is 5.75 Å². The smallest absolute Gasteiger partial charge is 0.336 e. The zero-order valence-corrected chi connectivity index (χ0v) is 19.4. The maximum absolute atomic E-state index is 13.2. The highest BCUT2D eigenvalue weighted by Gasteiger charge is 2.39. The Labute approximate surface area is 193 Å². The third-order valence-electron chi connectivity index (χ3n) is 6.42. The van der Waals surface area contributed by atoms with Gasteiger partial charge in [-0.1, -0.05) is 12.1 Å². The van der Waals surface area contributed by atoms with Crippen molar-refractivity contribution in [2.24, 2.45) is 0 Å². The summed E-state index contributed by atoms with van der Waals surface area (Å²) in [5, 5.41) is 3.29. The highest BCUT2D eigenvalue weighted by Crippen LogP contribution is 2.44. The molecule has 0 saturated heterocycles. The van der Waals surface area contributed by atoms with Crippen molar-refractivity contribution in [3.63, 3.8) is 0 Å². The summed E-state index contributed by atoms with van der Waals surface area (Å²) < 4.78 is 24.2. The molecule has 1 aliphatic carbocycles. The second-order valence-corrected chi connectivity index (χ2v) is 8.64. The molecular weight excluding hydrogens is 421 g/mol. The maximum atomic E-state index is 13.2. The lowest BCUT2D eigenvalue weighted by molar-refractivity contribution is -0.136. The number of ketones is 1. The van der Waals surface area contributed by atoms with Gasteiger partial charge in [0.05, 0.1) is 12.7 Å². The van der Waals surface area contributed by atoms with Gasteiger partial charge in [0.2, 0.25) is 0 Å². The summed E-state index contributed by atoms with van der Waals surface area (Å²) >= 11 is 0. The molecule has 2 aromatic rings. The first-order chi connectivity index (χ1) is 15.8. The molecular formula is C27H28FNO4. The molecule has 33 heavy (non-hydrogen) atoms. The van der Waals surface area contributed by atoms with Crippen molar-refractivity contribution in [1.82, 2.24) is 5.32 Å². The number of esters is 1. The Bertz CT molecular complexity index is 1180. The second-order valence-electron chi connectivity index (χ2n) is 8.64. The standard InChI is InChI=1S/C27H28FNO4/c1-15-12-16(2)21(13-18(15)14-33-20-10-8-19(28)9-11-20)25-24(27(31)32-4)17(3)29-22-6-5-7-23(30)26(22)25/h8-13,25,29H,5-7,14H2,1-4H3/t25-/m0/s1. The predicted molar refractivity (Wildman–Crippen MR) is 123 cm³/mol. The van der Waals surface area contributed by atoms with Crippen molar-refractivity contribution >= 4 is 11.8 Å². The van der Waals surface area contributed by atoms with Gasteiger partial charge in [0, 0.05) is 29.3 Å². The van der Waals surface area contributed by atoms with Crippen LogP contribution < -0.4 is 10.1 Å². The molecule has 0 spiro atoms. The van der Waals surface area contributed by atoms with Crippen LogP contribution in [0, 0.1) is 19.7 Å². The quantitative estimate of drug-likeness (QED) is 0.639. The van der Waals surface area contributed by atoms with Crippen molar-refractivity contribution in [2.45, 2.75) is 52.6 Å². The molecule has 2 aromatic carbocycles. The van der Waals surface area contributed by atoms with Crippen LogP contribution in [0.3, 0.4) is 0 Å². The minimum Gasteiger partial charge on any atom is -0.489 e. The van der Waals surface area contributed by atoms with Crippen molar-refractivity contribution in [3.8, 4) is 5.75 Å². The molecule has 5 nitrogen and oxygen atoms in total. The van der Waals surface area contributed by atoms with E-state index in [9.17, 15) is 14.0 Å². The van der Waals surface area contributed by atoms with Gasteiger partial charge < -0.3 is 14.8 Å². The van der Waals surface area contributed by atoms with Gasteiger partial charge in [-0.2, -0.15) is 0 Å². The molecule has 0 saturated carbocycles. The Balaban J connectivity index is 1.78. The van der Waals surface area contributed by atoms with Gasteiger partial charge in [-0.05, 0) is 80.1 Å². The first-order valence-corrected chi connectivity index (χ1v) is 11.1. The Morgan fingerprint density at radius 2 is 1.82 bits per heavy atom. The maximum Gasteiger partial charge on any atom is 0.336 e. The molecule has 4 rings (SSSR count). The first kappa shape index (κ1) is 22.8. The highest BCUT2D eigenvalue weighted by molar-refractivity contribution is 6.03. The number of hydrogen-bond acceptors (Lipinski definition) is 5. The highest BCUT2D eigenvalue weighted by atomic mass is 19.1. The molecule has 6 heteroatoms. The first-order valence-electron chi connectivity index (χ1n) is 11.1. The second kappa shape index (κ2) is 9.22. The number of benzene rings is 2. The average molecular weight is 450 g/mol. The molecule has 2 aliphatic rings.